The summed E-state index contributed by atoms with van der Waals surface area (Å²) in [5.41, 5.74) is 3.77. The van der Waals surface area contributed by atoms with Gasteiger partial charge in [-0.3, -0.25) is 4.21 Å². The van der Waals surface area contributed by atoms with Crippen LogP contribution in [0.1, 0.15) is 18.9 Å². The number of aryl methyl sites for hydroxylation is 1. The zero-order valence-electron chi connectivity index (χ0n) is 17.1. The number of hydrogen-bond acceptors (Lipinski definition) is 5. The van der Waals surface area contributed by atoms with Gasteiger partial charge >= 0.3 is 0 Å². The number of aromatic nitrogens is 2. The van der Waals surface area contributed by atoms with E-state index < -0.39 is 10.8 Å². The molecule has 0 amide bonds. The molecule has 0 saturated heterocycles. The first-order chi connectivity index (χ1) is 13.5. The molecule has 0 bridgehead atoms. The Labute approximate surface area is 168 Å². The van der Waals surface area contributed by atoms with Crippen molar-refractivity contribution in [2.24, 2.45) is 0 Å². The molecular formula is C21H27N3O3S. The summed E-state index contributed by atoms with van der Waals surface area (Å²) in [6.45, 7) is 2.84. The largest absolute Gasteiger partial charge is 0.493 e. The van der Waals surface area contributed by atoms with Crippen LogP contribution in [0, 0.1) is 0 Å². The van der Waals surface area contributed by atoms with Gasteiger partial charge in [0.2, 0.25) is 0 Å². The molecule has 28 heavy (non-hydrogen) atoms. The number of hydrogen-bond donors (Lipinski definition) is 0. The molecule has 0 aliphatic heterocycles. The van der Waals surface area contributed by atoms with Crippen LogP contribution in [0.5, 0.6) is 11.5 Å². The predicted molar refractivity (Wildman–Crippen MR) is 114 cm³/mol. The van der Waals surface area contributed by atoms with Crippen LogP contribution in [-0.2, 0) is 23.1 Å². The van der Waals surface area contributed by atoms with Crippen LogP contribution >= 0.6 is 0 Å². The second-order valence-electron chi connectivity index (χ2n) is 6.75. The van der Waals surface area contributed by atoms with E-state index in [2.05, 4.69) is 6.92 Å². The number of methoxy groups -OCH3 is 2. The van der Waals surface area contributed by atoms with Crippen molar-refractivity contribution in [1.29, 1.82) is 0 Å². The normalized spacial score (nSPS) is 12.2. The van der Waals surface area contributed by atoms with Crippen LogP contribution in [0.4, 0.5) is 5.69 Å². The predicted octanol–water partition coefficient (Wildman–Crippen LogP) is 3.84. The maximum Gasteiger partial charge on any atom is 0.200 e. The molecule has 1 heterocycles. The van der Waals surface area contributed by atoms with Crippen LogP contribution in [0.25, 0.3) is 11.0 Å². The first kappa shape index (κ1) is 20.2. The molecule has 0 saturated carbocycles. The summed E-state index contributed by atoms with van der Waals surface area (Å²) in [4.78, 5) is 6.74. The third-order valence-electron chi connectivity index (χ3n) is 4.63. The molecule has 0 fully saturated rings. The molecule has 0 aliphatic carbocycles. The average Bonchev–Trinajstić information content (AvgIpc) is 3.05. The van der Waals surface area contributed by atoms with Gasteiger partial charge in [-0.1, -0.05) is 25.1 Å². The SMILES string of the molecule is CCCn1c(S(=O)Cc2ccccc2N(C)C)nc2cc(OC)c(OC)cc21. The highest BCUT2D eigenvalue weighted by atomic mass is 32.2. The third kappa shape index (κ3) is 3.85. The number of fused-ring (bicyclic) bond motifs is 1. The van der Waals surface area contributed by atoms with Crippen LogP contribution in [-0.4, -0.2) is 42.1 Å². The number of para-hydroxylation sites is 1. The summed E-state index contributed by atoms with van der Waals surface area (Å²) < 4.78 is 26.2. The average molecular weight is 402 g/mol. The molecule has 0 aliphatic rings. The zero-order valence-corrected chi connectivity index (χ0v) is 17.9. The Balaban J connectivity index is 2.06. The van der Waals surface area contributed by atoms with Gasteiger partial charge in [-0.2, -0.15) is 0 Å². The van der Waals surface area contributed by atoms with Crippen LogP contribution < -0.4 is 14.4 Å². The van der Waals surface area contributed by atoms with Gasteiger partial charge < -0.3 is 18.9 Å². The molecule has 3 rings (SSSR count). The van der Waals surface area contributed by atoms with E-state index in [1.807, 2.05) is 60.0 Å². The molecule has 1 aromatic heterocycles. The van der Waals surface area contributed by atoms with E-state index in [-0.39, 0.29) is 0 Å². The lowest BCUT2D eigenvalue weighted by Crippen LogP contribution is -2.13. The molecule has 3 aromatic rings. The van der Waals surface area contributed by atoms with Crippen molar-refractivity contribution in [3.63, 3.8) is 0 Å². The topological polar surface area (TPSA) is 56.6 Å². The summed E-state index contributed by atoms with van der Waals surface area (Å²) in [6, 6.07) is 11.8. The van der Waals surface area contributed by atoms with E-state index in [9.17, 15) is 4.21 Å². The zero-order chi connectivity index (χ0) is 20.3. The summed E-state index contributed by atoms with van der Waals surface area (Å²) in [7, 11) is 5.92. The molecule has 6 nitrogen and oxygen atoms in total. The number of imidazole rings is 1. The molecular weight excluding hydrogens is 374 g/mol. The van der Waals surface area contributed by atoms with Gasteiger partial charge in [-0.25, -0.2) is 4.98 Å². The first-order valence-electron chi connectivity index (χ1n) is 9.26. The highest BCUT2D eigenvalue weighted by Crippen LogP contribution is 2.33. The molecule has 2 aromatic carbocycles. The van der Waals surface area contributed by atoms with Crippen molar-refractivity contribution in [2.45, 2.75) is 30.8 Å². The maximum absolute atomic E-state index is 13.3. The smallest absolute Gasteiger partial charge is 0.200 e. The van der Waals surface area contributed by atoms with Crippen LogP contribution in [0.15, 0.2) is 41.6 Å². The summed E-state index contributed by atoms with van der Waals surface area (Å²) in [5, 5.41) is 0.584. The van der Waals surface area contributed by atoms with E-state index in [4.69, 9.17) is 14.5 Å². The fraction of sp³-hybridized carbons (Fsp3) is 0.381. The van der Waals surface area contributed by atoms with Crippen molar-refractivity contribution < 1.29 is 13.7 Å². The standard InChI is InChI=1S/C21H27N3O3S/c1-6-11-24-18-13-20(27-5)19(26-4)12-16(18)22-21(24)28(25)14-15-9-7-8-10-17(15)23(2)3/h7-10,12-13H,6,11,14H2,1-5H3. The van der Waals surface area contributed by atoms with Gasteiger partial charge in [0.15, 0.2) is 16.7 Å². The molecule has 1 atom stereocenters. The number of anilines is 1. The maximum atomic E-state index is 13.3. The highest BCUT2D eigenvalue weighted by Gasteiger charge is 2.20. The summed E-state index contributed by atoms with van der Waals surface area (Å²) in [6.07, 6.45) is 0.915. The lowest BCUT2D eigenvalue weighted by atomic mass is 10.2. The monoisotopic (exact) mass is 401 g/mol. The van der Waals surface area contributed by atoms with Gasteiger partial charge in [-0.15, -0.1) is 0 Å². The van der Waals surface area contributed by atoms with Gasteiger partial charge in [0.05, 0.1) is 41.8 Å². The van der Waals surface area contributed by atoms with Gasteiger partial charge in [0, 0.05) is 38.5 Å². The Kier molecular flexibility index (Phi) is 6.24. The molecule has 0 spiro atoms. The van der Waals surface area contributed by atoms with Crippen LogP contribution in [0.2, 0.25) is 0 Å². The first-order valence-corrected chi connectivity index (χ1v) is 10.6. The lowest BCUT2D eigenvalue weighted by molar-refractivity contribution is 0.355. The van der Waals surface area contributed by atoms with Gasteiger partial charge in [0.1, 0.15) is 0 Å². The lowest BCUT2D eigenvalue weighted by Gasteiger charge is -2.17. The van der Waals surface area contributed by atoms with Crippen molar-refractivity contribution in [2.75, 3.05) is 33.2 Å². The minimum atomic E-state index is -1.28. The summed E-state index contributed by atoms with van der Waals surface area (Å²) in [5.74, 6) is 1.67. The second-order valence-corrected chi connectivity index (χ2v) is 8.10. The molecule has 1 unspecified atom stereocenters. The molecule has 150 valence electrons. The van der Waals surface area contributed by atoms with Gasteiger partial charge in [0.25, 0.3) is 0 Å². The van der Waals surface area contributed by atoms with E-state index >= 15 is 0 Å². The van der Waals surface area contributed by atoms with Crippen molar-refractivity contribution in [3.8, 4) is 11.5 Å². The Hall–Kier alpha value is -2.54. The van der Waals surface area contributed by atoms with E-state index in [1.54, 1.807) is 14.2 Å². The number of ether oxygens (including phenoxy) is 2. The van der Waals surface area contributed by atoms with E-state index in [1.165, 1.54) is 0 Å². The number of benzene rings is 2. The number of rotatable bonds is 8. The van der Waals surface area contributed by atoms with Crippen molar-refractivity contribution >= 4 is 27.5 Å². The second kappa shape index (κ2) is 8.65. The highest BCUT2D eigenvalue weighted by molar-refractivity contribution is 7.84. The van der Waals surface area contributed by atoms with Crippen LogP contribution in [0.3, 0.4) is 0 Å². The van der Waals surface area contributed by atoms with Crippen molar-refractivity contribution in [1.82, 2.24) is 9.55 Å². The Bertz CT molecular complexity index is 998. The fourth-order valence-electron chi connectivity index (χ4n) is 3.32. The molecule has 0 N–H and O–H groups in total. The fourth-order valence-corrected chi connectivity index (χ4v) is 4.61. The Morgan fingerprint density at radius 2 is 1.79 bits per heavy atom. The molecule has 7 heteroatoms. The van der Waals surface area contributed by atoms with E-state index in [0.717, 1.165) is 35.2 Å². The van der Waals surface area contributed by atoms with E-state index in [0.29, 0.717) is 22.4 Å². The van der Waals surface area contributed by atoms with Gasteiger partial charge in [-0.05, 0) is 18.1 Å². The van der Waals surface area contributed by atoms with Crippen molar-refractivity contribution in [3.05, 3.63) is 42.0 Å². The molecule has 0 radical (unpaired) electrons. The third-order valence-corrected chi connectivity index (χ3v) is 5.92. The minimum absolute atomic E-state index is 0.412. The quantitative estimate of drug-likeness (QED) is 0.574. The number of nitrogens with zero attached hydrogens (tertiary/aromatic N) is 3. The Morgan fingerprint density at radius 3 is 2.43 bits per heavy atom. The Morgan fingerprint density at radius 1 is 1.11 bits per heavy atom. The summed E-state index contributed by atoms with van der Waals surface area (Å²) >= 11 is 0. The minimum Gasteiger partial charge on any atom is -0.493 e.